The zero-order valence-corrected chi connectivity index (χ0v) is 14.8. The summed E-state index contributed by atoms with van der Waals surface area (Å²) in [5, 5.41) is 0.544. The summed E-state index contributed by atoms with van der Waals surface area (Å²) in [6, 6.07) is 15.0. The van der Waals surface area contributed by atoms with E-state index in [0.29, 0.717) is 16.3 Å². The van der Waals surface area contributed by atoms with Gasteiger partial charge in [0.05, 0.1) is 12.2 Å². The van der Waals surface area contributed by atoms with Gasteiger partial charge in [-0.05, 0) is 36.4 Å². The molecule has 2 aromatic rings. The van der Waals surface area contributed by atoms with Gasteiger partial charge in [-0.1, -0.05) is 43.6 Å². The van der Waals surface area contributed by atoms with Crippen molar-refractivity contribution in [1.29, 1.82) is 0 Å². The van der Waals surface area contributed by atoms with Gasteiger partial charge in [0.15, 0.2) is 0 Å². The number of esters is 1. The predicted molar refractivity (Wildman–Crippen MR) is 93.9 cm³/mol. The third-order valence-corrected chi connectivity index (χ3v) is 3.45. The lowest BCUT2D eigenvalue weighted by Crippen LogP contribution is -2.29. The van der Waals surface area contributed by atoms with Gasteiger partial charge in [0.2, 0.25) is 0 Å². The van der Waals surface area contributed by atoms with Crippen LogP contribution in [0.5, 0.6) is 5.75 Å². The van der Waals surface area contributed by atoms with E-state index < -0.39 is 17.5 Å². The van der Waals surface area contributed by atoms with Gasteiger partial charge < -0.3 is 14.2 Å². The second-order valence-corrected chi connectivity index (χ2v) is 6.64. The smallest absolute Gasteiger partial charge is 0.461 e. The zero-order chi connectivity index (χ0) is 18.3. The fourth-order valence-electron chi connectivity index (χ4n) is 1.84. The van der Waals surface area contributed by atoms with Crippen molar-refractivity contribution in [2.24, 2.45) is 5.41 Å². The standard InChI is InChI=1S/C19H19ClO5/c1-19(2,12-23-17(21)14-8-10-15(20)11-9-14)13-24-18(22)25-16-6-4-3-5-7-16/h3-11H,12-13H2,1-2H3. The van der Waals surface area contributed by atoms with Crippen LogP contribution in [0.3, 0.4) is 0 Å². The molecule has 0 spiro atoms. The molecule has 2 aromatic carbocycles. The number of rotatable bonds is 6. The molecular weight excluding hydrogens is 344 g/mol. The summed E-state index contributed by atoms with van der Waals surface area (Å²) in [6.07, 6.45) is -0.802. The average molecular weight is 363 g/mol. The molecule has 0 amide bonds. The molecule has 0 aliphatic carbocycles. The Morgan fingerprint density at radius 1 is 0.920 bits per heavy atom. The third-order valence-electron chi connectivity index (χ3n) is 3.20. The lowest BCUT2D eigenvalue weighted by atomic mass is 9.96. The van der Waals surface area contributed by atoms with E-state index in [2.05, 4.69) is 0 Å². The van der Waals surface area contributed by atoms with Gasteiger partial charge in [0.25, 0.3) is 0 Å². The molecule has 0 saturated heterocycles. The van der Waals surface area contributed by atoms with Crippen molar-refractivity contribution in [2.75, 3.05) is 13.2 Å². The lowest BCUT2D eigenvalue weighted by Gasteiger charge is -2.23. The first kappa shape index (κ1) is 18.8. The summed E-state index contributed by atoms with van der Waals surface area (Å²) < 4.78 is 15.4. The van der Waals surface area contributed by atoms with Crippen molar-refractivity contribution in [1.82, 2.24) is 0 Å². The minimum atomic E-state index is -0.802. The van der Waals surface area contributed by atoms with E-state index in [4.69, 9.17) is 25.8 Å². The SMILES string of the molecule is CC(C)(COC(=O)Oc1ccccc1)COC(=O)c1ccc(Cl)cc1. The molecule has 0 unspecified atom stereocenters. The quantitative estimate of drug-likeness (QED) is 0.548. The van der Waals surface area contributed by atoms with Gasteiger partial charge in [-0.15, -0.1) is 0 Å². The number of benzene rings is 2. The minimum Gasteiger partial charge on any atom is -0.461 e. The van der Waals surface area contributed by atoms with E-state index in [0.717, 1.165) is 0 Å². The first-order valence-electron chi connectivity index (χ1n) is 7.68. The molecule has 132 valence electrons. The van der Waals surface area contributed by atoms with E-state index in [-0.39, 0.29) is 13.2 Å². The van der Waals surface area contributed by atoms with E-state index in [1.807, 2.05) is 19.9 Å². The fraction of sp³-hybridized carbons (Fsp3) is 0.263. The molecule has 5 nitrogen and oxygen atoms in total. The van der Waals surface area contributed by atoms with Crippen molar-refractivity contribution in [3.63, 3.8) is 0 Å². The highest BCUT2D eigenvalue weighted by molar-refractivity contribution is 6.30. The molecule has 2 rings (SSSR count). The molecule has 0 bridgehead atoms. The van der Waals surface area contributed by atoms with Crippen LogP contribution in [0, 0.1) is 5.41 Å². The minimum absolute atomic E-state index is 0.0482. The van der Waals surface area contributed by atoms with Gasteiger partial charge >= 0.3 is 12.1 Å². The maximum atomic E-state index is 12.0. The fourth-order valence-corrected chi connectivity index (χ4v) is 1.97. The van der Waals surface area contributed by atoms with Crippen molar-refractivity contribution >= 4 is 23.7 Å². The van der Waals surface area contributed by atoms with E-state index >= 15 is 0 Å². The largest absolute Gasteiger partial charge is 0.513 e. The summed E-state index contributed by atoms with van der Waals surface area (Å²) in [7, 11) is 0. The Kier molecular flexibility index (Phi) is 6.42. The van der Waals surface area contributed by atoms with Crippen LogP contribution in [0.25, 0.3) is 0 Å². The van der Waals surface area contributed by atoms with Crippen LogP contribution in [0.1, 0.15) is 24.2 Å². The summed E-state index contributed by atoms with van der Waals surface area (Å²) in [5.74, 6) is -0.0592. The molecule has 0 heterocycles. The number of carbonyl (C=O) groups excluding carboxylic acids is 2. The maximum Gasteiger partial charge on any atom is 0.513 e. The summed E-state index contributed by atoms with van der Waals surface area (Å²) in [6.45, 7) is 3.77. The Labute approximate surface area is 151 Å². The number of hydrogen-bond donors (Lipinski definition) is 0. The van der Waals surface area contributed by atoms with Crippen molar-refractivity contribution < 1.29 is 23.8 Å². The van der Waals surface area contributed by atoms with E-state index in [1.54, 1.807) is 48.5 Å². The highest BCUT2D eigenvalue weighted by Gasteiger charge is 2.24. The topological polar surface area (TPSA) is 61.8 Å². The van der Waals surface area contributed by atoms with Crippen LogP contribution < -0.4 is 4.74 Å². The number of ether oxygens (including phenoxy) is 3. The van der Waals surface area contributed by atoms with Crippen LogP contribution in [0.2, 0.25) is 5.02 Å². The predicted octanol–water partition coefficient (Wildman–Crippen LogP) is 4.74. The first-order valence-corrected chi connectivity index (χ1v) is 8.06. The molecule has 0 radical (unpaired) electrons. The van der Waals surface area contributed by atoms with Crippen LogP contribution in [-0.4, -0.2) is 25.3 Å². The second kappa shape index (κ2) is 8.53. The van der Waals surface area contributed by atoms with Gasteiger partial charge in [-0.2, -0.15) is 0 Å². The first-order chi connectivity index (χ1) is 11.9. The highest BCUT2D eigenvalue weighted by Crippen LogP contribution is 2.19. The Balaban J connectivity index is 1.78. The van der Waals surface area contributed by atoms with Crippen LogP contribution in [-0.2, 0) is 9.47 Å². The molecule has 0 aromatic heterocycles. The third kappa shape index (κ3) is 6.47. The lowest BCUT2D eigenvalue weighted by molar-refractivity contribution is 0.0107. The Morgan fingerprint density at radius 2 is 1.52 bits per heavy atom. The van der Waals surface area contributed by atoms with Gasteiger partial charge in [0, 0.05) is 10.4 Å². The number of halogens is 1. The summed E-state index contributed by atoms with van der Waals surface area (Å²) in [5.41, 5.74) is -0.151. The number of carbonyl (C=O) groups is 2. The Hall–Kier alpha value is -2.53. The van der Waals surface area contributed by atoms with Gasteiger partial charge in [-0.25, -0.2) is 9.59 Å². The molecule has 0 N–H and O–H groups in total. The molecule has 0 atom stereocenters. The molecular formula is C19H19ClO5. The zero-order valence-electron chi connectivity index (χ0n) is 14.0. The van der Waals surface area contributed by atoms with Crippen molar-refractivity contribution in [2.45, 2.75) is 13.8 Å². The molecule has 25 heavy (non-hydrogen) atoms. The molecule has 0 aliphatic heterocycles. The van der Waals surface area contributed by atoms with Crippen molar-refractivity contribution in [3.05, 3.63) is 65.2 Å². The Bertz CT molecular complexity index is 710. The van der Waals surface area contributed by atoms with Gasteiger partial charge in [-0.3, -0.25) is 0 Å². The van der Waals surface area contributed by atoms with Crippen LogP contribution in [0.4, 0.5) is 4.79 Å². The molecule has 6 heteroatoms. The Morgan fingerprint density at radius 3 is 2.16 bits per heavy atom. The summed E-state index contributed by atoms with van der Waals surface area (Å²) in [4.78, 5) is 23.7. The number of para-hydroxylation sites is 1. The highest BCUT2D eigenvalue weighted by atomic mass is 35.5. The van der Waals surface area contributed by atoms with Gasteiger partial charge in [0.1, 0.15) is 12.4 Å². The van der Waals surface area contributed by atoms with Crippen LogP contribution >= 0.6 is 11.6 Å². The van der Waals surface area contributed by atoms with Crippen molar-refractivity contribution in [3.8, 4) is 5.75 Å². The average Bonchev–Trinajstić information content (AvgIpc) is 2.60. The van der Waals surface area contributed by atoms with Crippen LogP contribution in [0.15, 0.2) is 54.6 Å². The second-order valence-electron chi connectivity index (χ2n) is 6.20. The molecule has 0 fully saturated rings. The molecule has 0 saturated carbocycles. The van der Waals surface area contributed by atoms with E-state index in [1.165, 1.54) is 0 Å². The summed E-state index contributed by atoms with van der Waals surface area (Å²) >= 11 is 5.78. The van der Waals surface area contributed by atoms with E-state index in [9.17, 15) is 9.59 Å². The maximum absolute atomic E-state index is 12.0. The molecule has 0 aliphatic rings. The number of hydrogen-bond acceptors (Lipinski definition) is 5. The normalized spacial score (nSPS) is 10.8. The monoisotopic (exact) mass is 362 g/mol.